The molecule has 1 saturated heterocycles. The third-order valence-electron chi connectivity index (χ3n) is 7.35. The fourth-order valence-electron chi connectivity index (χ4n) is 5.00. The van der Waals surface area contributed by atoms with Crippen LogP contribution >= 0.6 is 0 Å². The van der Waals surface area contributed by atoms with Gasteiger partial charge in [0.1, 0.15) is 0 Å². The minimum absolute atomic E-state index is 0.0286. The molecule has 0 spiro atoms. The van der Waals surface area contributed by atoms with Crippen LogP contribution in [0.3, 0.4) is 0 Å². The van der Waals surface area contributed by atoms with E-state index < -0.39 is 5.60 Å². The van der Waals surface area contributed by atoms with Crippen molar-refractivity contribution in [2.24, 2.45) is 5.92 Å². The van der Waals surface area contributed by atoms with Crippen molar-refractivity contribution in [3.63, 3.8) is 0 Å². The number of nitrogens with one attached hydrogen (secondary N) is 1. The molecule has 1 aliphatic heterocycles. The van der Waals surface area contributed by atoms with Gasteiger partial charge >= 0.3 is 0 Å². The summed E-state index contributed by atoms with van der Waals surface area (Å²) in [5, 5.41) is 18.2. The maximum atomic E-state index is 13.2. The van der Waals surface area contributed by atoms with Crippen molar-refractivity contribution in [2.75, 3.05) is 18.4 Å². The van der Waals surface area contributed by atoms with Crippen LogP contribution in [0.2, 0.25) is 0 Å². The second-order valence-corrected chi connectivity index (χ2v) is 10.1. The summed E-state index contributed by atoms with van der Waals surface area (Å²) < 4.78 is 1.65. The van der Waals surface area contributed by atoms with E-state index in [2.05, 4.69) is 15.4 Å². The van der Waals surface area contributed by atoms with Crippen LogP contribution in [0.25, 0.3) is 16.8 Å². The Kier molecular flexibility index (Phi) is 5.96. The number of rotatable bonds is 6. The quantitative estimate of drug-likeness (QED) is 0.422. The van der Waals surface area contributed by atoms with Gasteiger partial charge in [-0.2, -0.15) is 4.98 Å². The van der Waals surface area contributed by atoms with Gasteiger partial charge in [0, 0.05) is 42.8 Å². The average Bonchev–Trinajstić information content (AvgIpc) is 3.69. The Morgan fingerprint density at radius 1 is 0.973 bits per heavy atom. The maximum absolute atomic E-state index is 13.2. The zero-order chi connectivity index (χ0) is 25.4. The van der Waals surface area contributed by atoms with E-state index in [1.807, 2.05) is 71.6 Å². The van der Waals surface area contributed by atoms with Crippen LogP contribution in [0, 0.1) is 5.92 Å². The smallest absolute Gasteiger partial charge is 0.253 e. The molecule has 0 unspecified atom stereocenters. The van der Waals surface area contributed by atoms with E-state index in [-0.39, 0.29) is 17.7 Å². The molecule has 8 heteroatoms. The molecule has 0 radical (unpaired) electrons. The normalized spacial score (nSPS) is 17.1. The van der Waals surface area contributed by atoms with Gasteiger partial charge in [-0.1, -0.05) is 42.5 Å². The highest BCUT2D eigenvalue weighted by Crippen LogP contribution is 2.31. The number of piperidine rings is 1. The Morgan fingerprint density at radius 2 is 1.70 bits per heavy atom. The summed E-state index contributed by atoms with van der Waals surface area (Å²) in [5.74, 6) is 0.317. The van der Waals surface area contributed by atoms with Gasteiger partial charge in [0.2, 0.25) is 11.9 Å². The number of anilines is 1. The Bertz CT molecular complexity index is 1440. The number of amides is 2. The number of benzene rings is 2. The van der Waals surface area contributed by atoms with E-state index >= 15 is 0 Å². The van der Waals surface area contributed by atoms with Crippen LogP contribution in [0.1, 0.15) is 41.6 Å². The third kappa shape index (κ3) is 4.97. The molecule has 188 valence electrons. The molecular weight excluding hydrogens is 466 g/mol. The summed E-state index contributed by atoms with van der Waals surface area (Å²) in [6, 6.07) is 21.3. The molecule has 2 aromatic carbocycles. The first-order chi connectivity index (χ1) is 18.0. The summed E-state index contributed by atoms with van der Waals surface area (Å²) in [6.45, 7) is 1.05. The molecule has 2 aromatic heterocycles. The number of aromatic nitrogens is 3. The second kappa shape index (κ2) is 9.44. The Morgan fingerprint density at radius 3 is 2.41 bits per heavy atom. The topological polar surface area (TPSA) is 99.8 Å². The number of aliphatic hydroxyl groups is 1. The van der Waals surface area contributed by atoms with Crippen molar-refractivity contribution in [3.05, 3.63) is 84.1 Å². The van der Waals surface area contributed by atoms with Gasteiger partial charge in [0.15, 0.2) is 5.65 Å². The highest BCUT2D eigenvalue weighted by molar-refractivity contribution is 5.95. The number of carbonyl (C=O) groups excluding carboxylic acids is 2. The number of carbonyl (C=O) groups is 2. The van der Waals surface area contributed by atoms with Gasteiger partial charge < -0.3 is 10.0 Å². The minimum Gasteiger partial charge on any atom is -0.389 e. The second-order valence-electron chi connectivity index (χ2n) is 10.1. The number of hydrogen-bond acceptors (Lipinski definition) is 5. The van der Waals surface area contributed by atoms with Crippen LogP contribution in [0.4, 0.5) is 5.95 Å². The summed E-state index contributed by atoms with van der Waals surface area (Å²) in [7, 11) is 0. The molecule has 1 saturated carbocycles. The van der Waals surface area contributed by atoms with Crippen molar-refractivity contribution < 1.29 is 14.7 Å². The molecule has 0 atom stereocenters. The lowest BCUT2D eigenvalue weighted by Crippen LogP contribution is -2.47. The first-order valence-electron chi connectivity index (χ1n) is 12.8. The van der Waals surface area contributed by atoms with Gasteiger partial charge in [-0.05, 0) is 61.1 Å². The van der Waals surface area contributed by atoms with Crippen LogP contribution in [-0.2, 0) is 11.2 Å². The summed E-state index contributed by atoms with van der Waals surface area (Å²) in [6.07, 6.45) is 5.35. The molecule has 4 aromatic rings. The molecule has 2 N–H and O–H groups in total. The highest BCUT2D eigenvalue weighted by Gasteiger charge is 2.34. The van der Waals surface area contributed by atoms with Crippen molar-refractivity contribution in [2.45, 2.75) is 37.7 Å². The molecule has 2 fully saturated rings. The highest BCUT2D eigenvalue weighted by atomic mass is 16.3. The molecule has 3 heterocycles. The van der Waals surface area contributed by atoms with E-state index in [4.69, 9.17) is 0 Å². The van der Waals surface area contributed by atoms with Crippen molar-refractivity contribution in [1.82, 2.24) is 19.5 Å². The number of pyridine rings is 1. The number of likely N-dealkylation sites (tertiary alicyclic amines) is 1. The lowest BCUT2D eigenvalue weighted by molar-refractivity contribution is -0.117. The molecule has 2 amide bonds. The van der Waals surface area contributed by atoms with E-state index in [1.165, 1.54) is 0 Å². The predicted molar refractivity (Wildman–Crippen MR) is 140 cm³/mol. The Hall–Kier alpha value is -4.04. The first kappa shape index (κ1) is 23.4. The predicted octanol–water partition coefficient (Wildman–Crippen LogP) is 3.95. The van der Waals surface area contributed by atoms with E-state index in [9.17, 15) is 14.7 Å². The summed E-state index contributed by atoms with van der Waals surface area (Å²) in [4.78, 5) is 31.6. The van der Waals surface area contributed by atoms with Gasteiger partial charge in [-0.15, -0.1) is 5.10 Å². The summed E-state index contributed by atoms with van der Waals surface area (Å²) >= 11 is 0. The van der Waals surface area contributed by atoms with Gasteiger partial charge in [0.05, 0.1) is 5.60 Å². The number of nitrogens with zero attached hydrogens (tertiary/aromatic N) is 4. The van der Waals surface area contributed by atoms with Crippen molar-refractivity contribution >= 4 is 23.4 Å². The zero-order valence-corrected chi connectivity index (χ0v) is 20.5. The lowest BCUT2D eigenvalue weighted by Gasteiger charge is -2.38. The van der Waals surface area contributed by atoms with Gasteiger partial charge in [-0.25, -0.2) is 4.52 Å². The van der Waals surface area contributed by atoms with E-state index in [0.717, 1.165) is 29.5 Å². The SMILES string of the molecule is O=C(Nc1nc2c(-c3ccc(C(=O)N4CCC(O)(Cc5ccccc5)CC4)cc3)cccn2n1)C1CC1. The molecule has 6 rings (SSSR count). The number of hydrogen-bond donors (Lipinski definition) is 2. The lowest BCUT2D eigenvalue weighted by atomic mass is 9.85. The number of fused-ring (bicyclic) bond motifs is 1. The van der Waals surface area contributed by atoms with Gasteiger partial charge in [0.25, 0.3) is 5.91 Å². The van der Waals surface area contributed by atoms with Crippen LogP contribution in [0.5, 0.6) is 0 Å². The zero-order valence-electron chi connectivity index (χ0n) is 20.5. The minimum atomic E-state index is -0.782. The van der Waals surface area contributed by atoms with Crippen molar-refractivity contribution in [3.8, 4) is 11.1 Å². The summed E-state index contributed by atoms with van der Waals surface area (Å²) in [5.41, 5.74) is 3.36. The van der Waals surface area contributed by atoms with Crippen LogP contribution in [-0.4, -0.2) is 55.1 Å². The van der Waals surface area contributed by atoms with Crippen LogP contribution < -0.4 is 5.32 Å². The Balaban J connectivity index is 1.13. The molecular formula is C29H29N5O3. The Labute approximate surface area is 215 Å². The first-order valence-corrected chi connectivity index (χ1v) is 12.8. The van der Waals surface area contributed by atoms with E-state index in [1.54, 1.807) is 10.7 Å². The molecule has 0 bridgehead atoms. The average molecular weight is 496 g/mol. The third-order valence-corrected chi connectivity index (χ3v) is 7.35. The van der Waals surface area contributed by atoms with Gasteiger partial charge in [-0.3, -0.25) is 14.9 Å². The molecule has 8 nitrogen and oxygen atoms in total. The standard InChI is InChI=1S/C29H29N5O3/c35-26(22-10-11-22)31-28-30-25-24(7-4-16-34(25)32-28)21-8-12-23(13-9-21)27(36)33-17-14-29(37,15-18-33)19-20-5-2-1-3-6-20/h1-9,12-13,16,22,37H,10-11,14-15,17-19H2,(H,31,32,35). The maximum Gasteiger partial charge on any atom is 0.253 e. The van der Waals surface area contributed by atoms with E-state index in [0.29, 0.717) is 49.5 Å². The fraction of sp³-hybridized carbons (Fsp3) is 0.310. The molecule has 1 aliphatic carbocycles. The fourth-order valence-corrected chi connectivity index (χ4v) is 5.00. The van der Waals surface area contributed by atoms with Crippen LogP contribution in [0.15, 0.2) is 72.9 Å². The molecule has 37 heavy (non-hydrogen) atoms. The largest absolute Gasteiger partial charge is 0.389 e. The monoisotopic (exact) mass is 495 g/mol. The molecule has 2 aliphatic rings. The van der Waals surface area contributed by atoms with Crippen molar-refractivity contribution in [1.29, 1.82) is 0 Å².